The Morgan fingerprint density at radius 1 is 0.923 bits per heavy atom. The molecule has 0 aliphatic heterocycles. The molecular weight excluding hydrogens is 497 g/mol. The van der Waals surface area contributed by atoms with Gasteiger partial charge in [0, 0.05) is 17.4 Å². The normalized spacial score (nSPS) is 10.6. The maximum atomic E-state index is 13.5. The number of ether oxygens (including phenoxy) is 1. The van der Waals surface area contributed by atoms with Crippen molar-refractivity contribution in [1.82, 2.24) is 20.1 Å². The summed E-state index contributed by atoms with van der Waals surface area (Å²) in [5, 5.41) is 10.2. The zero-order chi connectivity index (χ0) is 27.2. The van der Waals surface area contributed by atoms with Gasteiger partial charge in [-0.3, -0.25) is 14.6 Å². The van der Waals surface area contributed by atoms with Crippen LogP contribution in [0.2, 0.25) is 0 Å². The number of halogens is 1. The van der Waals surface area contributed by atoms with E-state index in [-0.39, 0.29) is 17.3 Å². The van der Waals surface area contributed by atoms with E-state index < -0.39 is 11.4 Å². The van der Waals surface area contributed by atoms with Crippen molar-refractivity contribution in [3.05, 3.63) is 136 Å². The fraction of sp³-hybridized carbons (Fsp3) is 0.0667. The summed E-state index contributed by atoms with van der Waals surface area (Å²) in [7, 11) is 0. The van der Waals surface area contributed by atoms with Crippen LogP contribution in [-0.2, 0) is 6.54 Å². The highest BCUT2D eigenvalue weighted by atomic mass is 19.1. The molecule has 0 radical (unpaired) electrons. The first-order valence-corrected chi connectivity index (χ1v) is 12.1. The summed E-state index contributed by atoms with van der Waals surface area (Å²) in [6.45, 7) is 2.20. The van der Waals surface area contributed by atoms with Crippen molar-refractivity contribution in [3.8, 4) is 17.2 Å². The Morgan fingerprint density at radius 2 is 1.67 bits per heavy atom. The third-order valence-corrected chi connectivity index (χ3v) is 5.90. The minimum absolute atomic E-state index is 0.130. The number of rotatable bonds is 8. The van der Waals surface area contributed by atoms with E-state index in [1.165, 1.54) is 30.5 Å². The number of benzene rings is 3. The largest absolute Gasteiger partial charge is 0.453 e. The van der Waals surface area contributed by atoms with Crippen LogP contribution >= 0.6 is 0 Å². The summed E-state index contributed by atoms with van der Waals surface area (Å²) in [6.07, 6.45) is 3.10. The number of aromatic nitrogens is 3. The van der Waals surface area contributed by atoms with Crippen LogP contribution in [0.5, 0.6) is 11.5 Å². The average Bonchev–Trinajstić information content (AvgIpc) is 2.96. The average molecular weight is 522 g/mol. The van der Waals surface area contributed by atoms with E-state index in [4.69, 9.17) is 4.74 Å². The van der Waals surface area contributed by atoms with Gasteiger partial charge in [0.2, 0.25) is 0 Å². The molecule has 2 N–H and O–H groups in total. The molecule has 0 atom stereocenters. The van der Waals surface area contributed by atoms with E-state index in [1.807, 2.05) is 43.3 Å². The van der Waals surface area contributed by atoms with Gasteiger partial charge in [-0.1, -0.05) is 24.3 Å². The number of nitrogens with zero attached hydrogens (tertiary/aromatic N) is 3. The molecule has 0 aliphatic carbocycles. The predicted octanol–water partition coefficient (Wildman–Crippen LogP) is 5.54. The number of hydrogen-bond donors (Lipinski definition) is 2. The molecule has 0 aliphatic rings. The van der Waals surface area contributed by atoms with Crippen molar-refractivity contribution in [2.45, 2.75) is 13.5 Å². The second-order valence-electron chi connectivity index (χ2n) is 8.65. The lowest BCUT2D eigenvalue weighted by molar-refractivity contribution is 0.0950. The summed E-state index contributed by atoms with van der Waals surface area (Å²) in [6, 6.07) is 25.0. The van der Waals surface area contributed by atoms with Crippen molar-refractivity contribution >= 4 is 17.3 Å². The monoisotopic (exact) mass is 521 g/mol. The van der Waals surface area contributed by atoms with Crippen LogP contribution in [0.3, 0.4) is 0 Å². The Bertz CT molecular complexity index is 1650. The standard InChI is InChI=1S/C30H24FN5O3/c1-20-6-2-3-8-26(20)39-27-19-34-36(25-15-11-22(31)12-16-25)30(38)28(27)35-23-13-9-21(10-14-23)29(37)33-18-24-7-4-5-17-32-24/h2-17,19,35H,18H2,1H3,(H,33,37). The summed E-state index contributed by atoms with van der Waals surface area (Å²) < 4.78 is 20.7. The van der Waals surface area contributed by atoms with Gasteiger partial charge >= 0.3 is 0 Å². The molecule has 8 nitrogen and oxygen atoms in total. The van der Waals surface area contributed by atoms with Crippen LogP contribution in [0.1, 0.15) is 21.6 Å². The second-order valence-corrected chi connectivity index (χ2v) is 8.65. The second kappa shape index (κ2) is 11.4. The zero-order valence-corrected chi connectivity index (χ0v) is 21.0. The van der Waals surface area contributed by atoms with E-state index in [9.17, 15) is 14.0 Å². The fourth-order valence-electron chi connectivity index (χ4n) is 3.81. The highest BCUT2D eigenvalue weighted by Crippen LogP contribution is 2.30. The maximum absolute atomic E-state index is 13.5. The molecule has 0 saturated heterocycles. The Labute approximate surface area is 223 Å². The molecule has 0 bridgehead atoms. The lowest BCUT2D eigenvalue weighted by atomic mass is 10.2. The van der Waals surface area contributed by atoms with Crippen molar-refractivity contribution in [3.63, 3.8) is 0 Å². The van der Waals surface area contributed by atoms with E-state index in [2.05, 4.69) is 20.7 Å². The SMILES string of the molecule is Cc1ccccc1Oc1cnn(-c2ccc(F)cc2)c(=O)c1Nc1ccc(C(=O)NCc2ccccn2)cc1. The Hall–Kier alpha value is -5.31. The molecule has 5 aromatic rings. The number of anilines is 2. The Kier molecular flexibility index (Phi) is 7.40. The van der Waals surface area contributed by atoms with Gasteiger partial charge in [0.15, 0.2) is 11.4 Å². The van der Waals surface area contributed by atoms with Crippen LogP contribution in [0.25, 0.3) is 5.69 Å². The van der Waals surface area contributed by atoms with Gasteiger partial charge < -0.3 is 15.4 Å². The molecule has 0 saturated carbocycles. The van der Waals surface area contributed by atoms with E-state index >= 15 is 0 Å². The molecule has 194 valence electrons. The number of hydrogen-bond acceptors (Lipinski definition) is 6. The van der Waals surface area contributed by atoms with Gasteiger partial charge in [-0.05, 0) is 79.2 Å². The molecule has 39 heavy (non-hydrogen) atoms. The third-order valence-electron chi connectivity index (χ3n) is 5.90. The van der Waals surface area contributed by atoms with Gasteiger partial charge in [-0.25, -0.2) is 4.39 Å². The topological polar surface area (TPSA) is 98.1 Å². The number of nitrogens with one attached hydrogen (secondary N) is 2. The number of aryl methyl sites for hydroxylation is 1. The molecule has 1 amide bonds. The predicted molar refractivity (Wildman–Crippen MR) is 146 cm³/mol. The van der Waals surface area contributed by atoms with Gasteiger partial charge in [0.05, 0.1) is 24.1 Å². The number of carbonyl (C=O) groups is 1. The Morgan fingerprint density at radius 3 is 2.38 bits per heavy atom. The van der Waals surface area contributed by atoms with Gasteiger partial charge in [0.1, 0.15) is 11.6 Å². The van der Waals surface area contributed by atoms with E-state index in [1.54, 1.807) is 36.5 Å². The molecule has 5 rings (SSSR count). The highest BCUT2D eigenvalue weighted by Gasteiger charge is 2.16. The number of carbonyl (C=O) groups excluding carboxylic acids is 1. The number of para-hydroxylation sites is 1. The molecule has 9 heteroatoms. The van der Waals surface area contributed by atoms with Crippen LogP contribution in [0, 0.1) is 12.7 Å². The summed E-state index contributed by atoms with van der Waals surface area (Å²) in [5.74, 6) is 0.109. The first kappa shape index (κ1) is 25.3. The minimum Gasteiger partial charge on any atom is -0.453 e. The first-order valence-electron chi connectivity index (χ1n) is 12.1. The summed E-state index contributed by atoms with van der Waals surface area (Å²) >= 11 is 0. The molecule has 0 spiro atoms. The molecule has 2 aromatic heterocycles. The Balaban J connectivity index is 1.42. The van der Waals surface area contributed by atoms with Crippen molar-refractivity contribution in [2.75, 3.05) is 5.32 Å². The molecule has 0 unspecified atom stereocenters. The minimum atomic E-state index is -0.495. The van der Waals surface area contributed by atoms with Crippen molar-refractivity contribution < 1.29 is 13.9 Å². The number of amides is 1. The third kappa shape index (κ3) is 5.99. The number of pyridine rings is 1. The lowest BCUT2D eigenvalue weighted by Gasteiger charge is -2.15. The van der Waals surface area contributed by atoms with Crippen LogP contribution < -0.4 is 20.9 Å². The smallest absolute Gasteiger partial charge is 0.299 e. The fourth-order valence-corrected chi connectivity index (χ4v) is 3.81. The quantitative estimate of drug-likeness (QED) is 0.278. The van der Waals surface area contributed by atoms with Gasteiger partial charge in [-0.15, -0.1) is 0 Å². The van der Waals surface area contributed by atoms with Crippen LogP contribution in [0.15, 0.2) is 108 Å². The van der Waals surface area contributed by atoms with Crippen LogP contribution in [0.4, 0.5) is 15.8 Å². The van der Waals surface area contributed by atoms with E-state index in [0.29, 0.717) is 29.2 Å². The van der Waals surface area contributed by atoms with Crippen molar-refractivity contribution in [1.29, 1.82) is 0 Å². The lowest BCUT2D eigenvalue weighted by Crippen LogP contribution is -2.24. The first-order chi connectivity index (χ1) is 19.0. The zero-order valence-electron chi connectivity index (χ0n) is 21.0. The molecule has 3 aromatic carbocycles. The van der Waals surface area contributed by atoms with E-state index in [0.717, 1.165) is 15.9 Å². The molecular formula is C30H24FN5O3. The van der Waals surface area contributed by atoms with Gasteiger partial charge in [0.25, 0.3) is 11.5 Å². The summed E-state index contributed by atoms with van der Waals surface area (Å²) in [5.41, 5.74) is 2.67. The molecule has 2 heterocycles. The van der Waals surface area contributed by atoms with Gasteiger partial charge in [-0.2, -0.15) is 9.78 Å². The summed E-state index contributed by atoms with van der Waals surface area (Å²) in [4.78, 5) is 30.3. The van der Waals surface area contributed by atoms with Crippen LogP contribution in [-0.4, -0.2) is 20.7 Å². The highest BCUT2D eigenvalue weighted by molar-refractivity contribution is 5.94. The maximum Gasteiger partial charge on any atom is 0.299 e. The molecule has 0 fully saturated rings. The van der Waals surface area contributed by atoms with Crippen molar-refractivity contribution in [2.24, 2.45) is 0 Å².